The van der Waals surface area contributed by atoms with Crippen molar-refractivity contribution in [3.63, 3.8) is 0 Å². The second-order valence-corrected chi connectivity index (χ2v) is 8.45. The lowest BCUT2D eigenvalue weighted by Crippen LogP contribution is -2.38. The van der Waals surface area contributed by atoms with Crippen LogP contribution in [0.5, 0.6) is 0 Å². The highest BCUT2D eigenvalue weighted by Gasteiger charge is 2.28. The zero-order valence-electron chi connectivity index (χ0n) is 16.1. The van der Waals surface area contributed by atoms with Crippen molar-refractivity contribution in [3.05, 3.63) is 45.4 Å². The first-order valence-corrected chi connectivity index (χ1v) is 10.7. The molecule has 1 atom stereocenters. The van der Waals surface area contributed by atoms with E-state index >= 15 is 0 Å². The number of nitrogens with one attached hydrogen (secondary N) is 1. The van der Waals surface area contributed by atoms with Crippen molar-refractivity contribution in [1.82, 2.24) is 14.5 Å². The first-order valence-electron chi connectivity index (χ1n) is 9.85. The predicted octanol–water partition coefficient (Wildman–Crippen LogP) is 1.75. The summed E-state index contributed by atoms with van der Waals surface area (Å²) in [5.74, 6) is -0.871. The van der Waals surface area contributed by atoms with E-state index in [9.17, 15) is 14.4 Å². The summed E-state index contributed by atoms with van der Waals surface area (Å²) in [5, 5.41) is 3.37. The molecule has 2 aliphatic heterocycles. The highest BCUT2D eigenvalue weighted by molar-refractivity contribution is 7.15. The molecule has 5 rings (SSSR count). The van der Waals surface area contributed by atoms with E-state index in [1.807, 2.05) is 0 Å². The number of oxazole rings is 1. The Hall–Kier alpha value is -2.98. The standard InChI is InChI=1S/C20H20N4O5S/c25-17(11-24-13-4-1-2-5-14(13)29-20(24)27)23-8-7-12-16(10-23)30-19(21-12)22-18(26)15-6-3-9-28-15/h1-2,4-5,15H,3,6-11H2,(H,21,22,26)/t15-/m0/s1. The fraction of sp³-hybridized carbons (Fsp3) is 0.400. The van der Waals surface area contributed by atoms with Gasteiger partial charge in [-0.3, -0.25) is 19.5 Å². The molecule has 0 radical (unpaired) electrons. The van der Waals surface area contributed by atoms with Gasteiger partial charge in [-0.1, -0.05) is 23.5 Å². The minimum atomic E-state index is -0.542. The molecular weight excluding hydrogens is 408 g/mol. The van der Waals surface area contributed by atoms with Crippen LogP contribution in [-0.4, -0.2) is 45.5 Å². The number of hydrogen-bond acceptors (Lipinski definition) is 7. The second kappa shape index (κ2) is 7.69. The highest BCUT2D eigenvalue weighted by atomic mass is 32.1. The SMILES string of the molecule is O=C(Nc1nc2c(s1)CN(C(=O)Cn1c(=O)oc3ccccc31)CC2)[C@@H]1CCCO1. The van der Waals surface area contributed by atoms with E-state index < -0.39 is 11.9 Å². The molecule has 2 aliphatic rings. The first kappa shape index (κ1) is 19.0. The molecule has 10 heteroatoms. The molecule has 1 aromatic carbocycles. The van der Waals surface area contributed by atoms with E-state index in [0.29, 0.717) is 42.3 Å². The summed E-state index contributed by atoms with van der Waals surface area (Å²) in [6.45, 7) is 1.45. The van der Waals surface area contributed by atoms with Crippen molar-refractivity contribution in [3.8, 4) is 0 Å². The lowest BCUT2D eigenvalue weighted by molar-refractivity contribution is -0.132. The molecule has 0 aliphatic carbocycles. The van der Waals surface area contributed by atoms with E-state index in [4.69, 9.17) is 9.15 Å². The van der Waals surface area contributed by atoms with Gasteiger partial charge in [0.05, 0.1) is 17.8 Å². The maximum Gasteiger partial charge on any atom is 0.420 e. The number of aromatic nitrogens is 2. The number of amides is 2. The smallest absolute Gasteiger partial charge is 0.408 e. The van der Waals surface area contributed by atoms with Crippen molar-refractivity contribution >= 4 is 39.4 Å². The predicted molar refractivity (Wildman–Crippen MR) is 109 cm³/mol. The van der Waals surface area contributed by atoms with Crippen LogP contribution >= 0.6 is 11.3 Å². The third-order valence-electron chi connectivity index (χ3n) is 5.40. The minimum Gasteiger partial charge on any atom is -0.408 e. The molecule has 4 heterocycles. The van der Waals surface area contributed by atoms with Gasteiger partial charge in [-0.05, 0) is 25.0 Å². The molecule has 2 aromatic heterocycles. The second-order valence-electron chi connectivity index (χ2n) is 7.37. The number of ether oxygens (including phenoxy) is 1. The molecule has 0 saturated carbocycles. The Morgan fingerprint density at radius 3 is 3.00 bits per heavy atom. The number of hydrogen-bond donors (Lipinski definition) is 1. The highest BCUT2D eigenvalue weighted by Crippen LogP contribution is 2.29. The minimum absolute atomic E-state index is 0.0768. The van der Waals surface area contributed by atoms with Gasteiger partial charge >= 0.3 is 5.76 Å². The quantitative estimate of drug-likeness (QED) is 0.679. The fourth-order valence-corrected chi connectivity index (χ4v) is 4.86. The van der Waals surface area contributed by atoms with Gasteiger partial charge in [-0.2, -0.15) is 0 Å². The molecule has 0 spiro atoms. The molecule has 3 aromatic rings. The Morgan fingerprint density at radius 1 is 1.30 bits per heavy atom. The van der Waals surface area contributed by atoms with Crippen LogP contribution in [0.4, 0.5) is 5.13 Å². The van der Waals surface area contributed by atoms with Crippen molar-refractivity contribution < 1.29 is 18.7 Å². The Morgan fingerprint density at radius 2 is 2.17 bits per heavy atom. The Balaban J connectivity index is 1.27. The molecule has 2 amide bonds. The van der Waals surface area contributed by atoms with Crippen LogP contribution in [0.15, 0.2) is 33.5 Å². The largest absolute Gasteiger partial charge is 0.420 e. The molecule has 30 heavy (non-hydrogen) atoms. The first-order chi connectivity index (χ1) is 14.6. The van der Waals surface area contributed by atoms with Gasteiger partial charge in [0.1, 0.15) is 12.6 Å². The number of rotatable bonds is 4. The van der Waals surface area contributed by atoms with Crippen LogP contribution < -0.4 is 11.1 Å². The summed E-state index contributed by atoms with van der Waals surface area (Å²) in [4.78, 5) is 44.4. The van der Waals surface area contributed by atoms with Gasteiger partial charge in [0.25, 0.3) is 5.91 Å². The number of fused-ring (bicyclic) bond motifs is 2. The third-order valence-corrected chi connectivity index (χ3v) is 6.40. The number of thiazole rings is 1. The van der Waals surface area contributed by atoms with E-state index in [0.717, 1.165) is 23.4 Å². The number of para-hydroxylation sites is 2. The van der Waals surface area contributed by atoms with Crippen molar-refractivity contribution in [1.29, 1.82) is 0 Å². The molecule has 0 unspecified atom stereocenters. The summed E-state index contributed by atoms with van der Waals surface area (Å²) in [5.41, 5.74) is 1.97. The molecule has 156 valence electrons. The average Bonchev–Trinajstić information content (AvgIpc) is 3.46. The van der Waals surface area contributed by atoms with Crippen LogP contribution in [0.3, 0.4) is 0 Å². The number of nitrogens with zero attached hydrogens (tertiary/aromatic N) is 3. The van der Waals surface area contributed by atoms with E-state index in [1.54, 1.807) is 29.2 Å². The number of benzene rings is 1. The third kappa shape index (κ3) is 3.52. The van der Waals surface area contributed by atoms with Gasteiger partial charge in [0.15, 0.2) is 10.7 Å². The van der Waals surface area contributed by atoms with Crippen LogP contribution in [0.1, 0.15) is 23.4 Å². The summed E-state index contributed by atoms with van der Waals surface area (Å²) >= 11 is 1.38. The van der Waals surface area contributed by atoms with Crippen molar-refractivity contribution in [2.75, 3.05) is 18.5 Å². The summed E-state index contributed by atoms with van der Waals surface area (Å²) in [7, 11) is 0. The van der Waals surface area contributed by atoms with E-state index in [-0.39, 0.29) is 18.4 Å². The Kier molecular flexibility index (Phi) is 4.87. The van der Waals surface area contributed by atoms with Gasteiger partial charge in [-0.25, -0.2) is 9.78 Å². The van der Waals surface area contributed by atoms with Crippen LogP contribution in [0.25, 0.3) is 11.1 Å². The normalized spacial score (nSPS) is 18.5. The van der Waals surface area contributed by atoms with Crippen molar-refractivity contribution in [2.45, 2.75) is 38.5 Å². The zero-order chi connectivity index (χ0) is 20.7. The maximum atomic E-state index is 12.9. The topological polar surface area (TPSA) is 107 Å². The summed E-state index contributed by atoms with van der Waals surface area (Å²) in [6.07, 6.45) is 1.81. The van der Waals surface area contributed by atoms with E-state index in [2.05, 4.69) is 10.3 Å². The van der Waals surface area contributed by atoms with Gasteiger partial charge < -0.3 is 14.1 Å². The van der Waals surface area contributed by atoms with E-state index in [1.165, 1.54) is 15.9 Å². The Labute approximate surface area is 175 Å². The number of anilines is 1. The average molecular weight is 428 g/mol. The molecule has 1 N–H and O–H groups in total. The van der Waals surface area contributed by atoms with Gasteiger partial charge in [-0.15, -0.1) is 0 Å². The lowest BCUT2D eigenvalue weighted by Gasteiger charge is -2.26. The van der Waals surface area contributed by atoms with Crippen LogP contribution in [0, 0.1) is 0 Å². The van der Waals surface area contributed by atoms with Crippen LogP contribution in [-0.2, 0) is 33.8 Å². The number of carbonyl (C=O) groups excluding carboxylic acids is 2. The van der Waals surface area contributed by atoms with Crippen molar-refractivity contribution in [2.24, 2.45) is 0 Å². The Bertz CT molecular complexity index is 1170. The van der Waals surface area contributed by atoms with Crippen LogP contribution in [0.2, 0.25) is 0 Å². The van der Waals surface area contributed by atoms with Gasteiger partial charge in [0, 0.05) is 24.4 Å². The zero-order valence-corrected chi connectivity index (χ0v) is 16.9. The maximum absolute atomic E-state index is 12.9. The monoisotopic (exact) mass is 428 g/mol. The lowest BCUT2D eigenvalue weighted by atomic mass is 10.2. The molecule has 9 nitrogen and oxygen atoms in total. The molecule has 1 saturated heterocycles. The fourth-order valence-electron chi connectivity index (χ4n) is 3.83. The number of carbonyl (C=O) groups is 2. The van der Waals surface area contributed by atoms with Gasteiger partial charge in [0.2, 0.25) is 5.91 Å². The molecule has 1 fully saturated rings. The summed E-state index contributed by atoms with van der Waals surface area (Å²) in [6, 6.07) is 7.04. The molecular formula is C20H20N4O5S. The molecule has 0 bridgehead atoms. The summed E-state index contributed by atoms with van der Waals surface area (Å²) < 4.78 is 12.0.